The normalized spacial score (nSPS) is 16.0. The van der Waals surface area contributed by atoms with Crippen LogP contribution in [-0.4, -0.2) is 6.54 Å². The third-order valence-electron chi connectivity index (χ3n) is 4.30. The summed E-state index contributed by atoms with van der Waals surface area (Å²) in [5.74, 6) is 0.911. The molecule has 0 unspecified atom stereocenters. The van der Waals surface area contributed by atoms with Gasteiger partial charge in [-0.05, 0) is 47.7 Å². The molecule has 1 aliphatic carbocycles. The molecule has 2 heteroatoms. The molecule has 0 radical (unpaired) electrons. The van der Waals surface area contributed by atoms with Crippen molar-refractivity contribution >= 4 is 23.2 Å². The molecule has 2 aromatic carbocycles. The maximum atomic E-state index is 3.64. The average Bonchev–Trinajstić information content (AvgIpc) is 2.48. The van der Waals surface area contributed by atoms with Crippen LogP contribution in [-0.2, 0) is 6.54 Å². The lowest BCUT2D eigenvalue weighted by Crippen LogP contribution is -2.24. The second-order valence-corrected chi connectivity index (χ2v) is 5.82. The first kappa shape index (κ1) is 15.3. The molecule has 20 heavy (non-hydrogen) atoms. The fraction of sp³-hybridized carbons (Fsp3) is 0.444. The van der Waals surface area contributed by atoms with E-state index in [2.05, 4.69) is 47.8 Å². The van der Waals surface area contributed by atoms with Gasteiger partial charge >= 0.3 is 0 Å². The van der Waals surface area contributed by atoms with Gasteiger partial charge in [0, 0.05) is 6.54 Å². The molecule has 1 fully saturated rings. The van der Waals surface area contributed by atoms with Crippen LogP contribution in [0.1, 0.15) is 37.7 Å². The fourth-order valence-corrected chi connectivity index (χ4v) is 3.16. The van der Waals surface area contributed by atoms with Crippen molar-refractivity contribution in [3.63, 3.8) is 0 Å². The fourth-order valence-electron chi connectivity index (χ4n) is 3.16. The molecule has 0 amide bonds. The smallest absolute Gasteiger partial charge is 0.0205 e. The van der Waals surface area contributed by atoms with E-state index < -0.39 is 0 Å². The lowest BCUT2D eigenvalue weighted by molar-refractivity contribution is 0.342. The third kappa shape index (κ3) is 3.97. The maximum Gasteiger partial charge on any atom is 0.0205 e. The van der Waals surface area contributed by atoms with E-state index in [-0.39, 0.29) is 12.4 Å². The van der Waals surface area contributed by atoms with Crippen LogP contribution in [0.2, 0.25) is 0 Å². The van der Waals surface area contributed by atoms with Gasteiger partial charge in [0.1, 0.15) is 0 Å². The van der Waals surface area contributed by atoms with Crippen molar-refractivity contribution in [3.05, 3.63) is 48.0 Å². The molecule has 0 bridgehead atoms. The quantitative estimate of drug-likeness (QED) is 0.841. The van der Waals surface area contributed by atoms with Gasteiger partial charge in [-0.1, -0.05) is 55.7 Å². The SMILES string of the molecule is Cl.c1ccc2cc(CNCC3CCCCC3)ccc2c1. The third-order valence-corrected chi connectivity index (χ3v) is 4.30. The second-order valence-electron chi connectivity index (χ2n) is 5.82. The molecule has 0 aromatic heterocycles. The highest BCUT2D eigenvalue weighted by Gasteiger charge is 2.12. The highest BCUT2D eigenvalue weighted by Crippen LogP contribution is 2.23. The van der Waals surface area contributed by atoms with Crippen LogP contribution in [0.5, 0.6) is 0 Å². The zero-order valence-electron chi connectivity index (χ0n) is 12.0. The molecule has 0 saturated heterocycles. The van der Waals surface area contributed by atoms with Crippen LogP contribution < -0.4 is 5.32 Å². The van der Waals surface area contributed by atoms with E-state index in [4.69, 9.17) is 0 Å². The minimum Gasteiger partial charge on any atom is -0.312 e. The van der Waals surface area contributed by atoms with Gasteiger partial charge in [0.2, 0.25) is 0 Å². The molecule has 108 valence electrons. The Kier molecular flexibility index (Phi) is 5.87. The number of fused-ring (bicyclic) bond motifs is 1. The Hall–Kier alpha value is -1.05. The van der Waals surface area contributed by atoms with Crippen molar-refractivity contribution in [3.8, 4) is 0 Å². The van der Waals surface area contributed by atoms with Crippen molar-refractivity contribution < 1.29 is 0 Å². The Morgan fingerprint density at radius 1 is 0.900 bits per heavy atom. The number of nitrogens with one attached hydrogen (secondary N) is 1. The molecule has 0 heterocycles. The summed E-state index contributed by atoms with van der Waals surface area (Å²) in [6.45, 7) is 2.19. The summed E-state index contributed by atoms with van der Waals surface area (Å²) in [7, 11) is 0. The Labute approximate surface area is 128 Å². The van der Waals surface area contributed by atoms with Gasteiger partial charge in [-0.25, -0.2) is 0 Å². The van der Waals surface area contributed by atoms with Crippen LogP contribution in [0.4, 0.5) is 0 Å². The highest BCUT2D eigenvalue weighted by atomic mass is 35.5. The largest absolute Gasteiger partial charge is 0.312 e. The number of halogens is 1. The number of hydrogen-bond acceptors (Lipinski definition) is 1. The summed E-state index contributed by atoms with van der Waals surface area (Å²) < 4.78 is 0. The lowest BCUT2D eigenvalue weighted by atomic mass is 9.89. The van der Waals surface area contributed by atoms with Crippen LogP contribution >= 0.6 is 12.4 Å². The van der Waals surface area contributed by atoms with Gasteiger partial charge in [0.15, 0.2) is 0 Å². The number of hydrogen-bond donors (Lipinski definition) is 1. The zero-order chi connectivity index (χ0) is 12.9. The van der Waals surface area contributed by atoms with Gasteiger partial charge in [-0.15, -0.1) is 12.4 Å². The summed E-state index contributed by atoms with van der Waals surface area (Å²) in [6.07, 6.45) is 7.15. The predicted molar refractivity (Wildman–Crippen MR) is 89.5 cm³/mol. The van der Waals surface area contributed by atoms with Gasteiger partial charge in [0.25, 0.3) is 0 Å². The standard InChI is InChI=1S/C18H23N.ClH/c1-2-6-15(7-3-1)13-19-14-16-10-11-17-8-4-5-9-18(17)12-16;/h4-5,8-12,15,19H,1-3,6-7,13-14H2;1H. The minimum atomic E-state index is 0. The van der Waals surface area contributed by atoms with E-state index in [1.54, 1.807) is 0 Å². The van der Waals surface area contributed by atoms with Crippen molar-refractivity contribution in [2.24, 2.45) is 5.92 Å². The summed E-state index contributed by atoms with van der Waals surface area (Å²) in [6, 6.07) is 15.4. The van der Waals surface area contributed by atoms with E-state index in [1.165, 1.54) is 55.0 Å². The molecular weight excluding hydrogens is 266 g/mol. The van der Waals surface area contributed by atoms with E-state index in [1.807, 2.05) is 0 Å². The Bertz CT molecular complexity index is 532. The Morgan fingerprint density at radius 2 is 1.65 bits per heavy atom. The molecule has 1 N–H and O–H groups in total. The van der Waals surface area contributed by atoms with Gasteiger partial charge in [-0.3, -0.25) is 0 Å². The van der Waals surface area contributed by atoms with Crippen molar-refractivity contribution in [1.29, 1.82) is 0 Å². The first-order valence-electron chi connectivity index (χ1n) is 7.60. The zero-order valence-corrected chi connectivity index (χ0v) is 12.8. The molecule has 1 nitrogen and oxygen atoms in total. The van der Waals surface area contributed by atoms with Crippen LogP contribution in [0.15, 0.2) is 42.5 Å². The molecule has 0 atom stereocenters. The van der Waals surface area contributed by atoms with E-state index in [9.17, 15) is 0 Å². The Balaban J connectivity index is 0.00000147. The van der Waals surface area contributed by atoms with Crippen LogP contribution in [0.3, 0.4) is 0 Å². The van der Waals surface area contributed by atoms with E-state index in [0.29, 0.717) is 0 Å². The summed E-state index contributed by atoms with van der Waals surface area (Å²) >= 11 is 0. The molecule has 2 aromatic rings. The molecule has 0 spiro atoms. The molecule has 1 saturated carbocycles. The summed E-state index contributed by atoms with van der Waals surface area (Å²) in [4.78, 5) is 0. The summed E-state index contributed by atoms with van der Waals surface area (Å²) in [5, 5.41) is 6.31. The first-order chi connectivity index (χ1) is 9.42. The van der Waals surface area contributed by atoms with E-state index >= 15 is 0 Å². The second kappa shape index (κ2) is 7.66. The molecule has 0 aliphatic heterocycles. The van der Waals surface area contributed by atoms with Crippen molar-refractivity contribution in [2.75, 3.05) is 6.54 Å². The topological polar surface area (TPSA) is 12.0 Å². The first-order valence-corrected chi connectivity index (χ1v) is 7.60. The van der Waals surface area contributed by atoms with E-state index in [0.717, 1.165) is 12.5 Å². The Morgan fingerprint density at radius 3 is 2.45 bits per heavy atom. The van der Waals surface area contributed by atoms with Crippen LogP contribution in [0.25, 0.3) is 10.8 Å². The number of rotatable bonds is 4. The molecule has 3 rings (SSSR count). The highest BCUT2D eigenvalue weighted by molar-refractivity contribution is 5.85. The van der Waals surface area contributed by atoms with Crippen molar-refractivity contribution in [2.45, 2.75) is 38.6 Å². The maximum absolute atomic E-state index is 3.64. The van der Waals surface area contributed by atoms with Crippen molar-refractivity contribution in [1.82, 2.24) is 5.32 Å². The molecule has 1 aliphatic rings. The van der Waals surface area contributed by atoms with Gasteiger partial charge < -0.3 is 5.32 Å². The minimum absolute atomic E-state index is 0. The van der Waals surface area contributed by atoms with Gasteiger partial charge in [0.05, 0.1) is 0 Å². The molecular formula is C18H24ClN. The average molecular weight is 290 g/mol. The van der Waals surface area contributed by atoms with Gasteiger partial charge in [-0.2, -0.15) is 0 Å². The predicted octanol–water partition coefficient (Wildman–Crippen LogP) is 4.93. The van der Waals surface area contributed by atoms with Crippen LogP contribution in [0, 0.1) is 5.92 Å². The summed E-state index contributed by atoms with van der Waals surface area (Å²) in [5.41, 5.74) is 1.40. The number of benzene rings is 2. The lowest BCUT2D eigenvalue weighted by Gasteiger charge is -2.21. The monoisotopic (exact) mass is 289 g/mol.